The molecule has 208 valence electrons. The van der Waals surface area contributed by atoms with E-state index in [-0.39, 0.29) is 24.0 Å². The number of ether oxygens (including phenoxy) is 2. The molecular weight excluding hydrogens is 534 g/mol. The third-order valence-corrected chi connectivity index (χ3v) is 8.83. The van der Waals surface area contributed by atoms with Gasteiger partial charge in [0.05, 0.1) is 29.8 Å². The molecular formula is C29H29N3O7S. The van der Waals surface area contributed by atoms with Crippen molar-refractivity contribution in [3.05, 3.63) is 83.4 Å². The topological polar surface area (TPSA) is 122 Å². The molecule has 0 saturated carbocycles. The van der Waals surface area contributed by atoms with E-state index in [4.69, 9.17) is 9.47 Å². The van der Waals surface area contributed by atoms with Crippen LogP contribution in [0, 0.1) is 0 Å². The van der Waals surface area contributed by atoms with E-state index in [1.54, 1.807) is 42.5 Å². The van der Waals surface area contributed by atoms with Gasteiger partial charge in [-0.05, 0) is 73.0 Å². The molecule has 11 heteroatoms. The quantitative estimate of drug-likeness (QED) is 0.434. The zero-order valence-electron chi connectivity index (χ0n) is 22.0. The molecule has 1 N–H and O–H groups in total. The summed E-state index contributed by atoms with van der Waals surface area (Å²) >= 11 is 0. The highest BCUT2D eigenvalue weighted by Crippen LogP contribution is 2.36. The first-order valence-electron chi connectivity index (χ1n) is 12.9. The number of hydrogen-bond acceptors (Lipinski definition) is 7. The van der Waals surface area contributed by atoms with Crippen molar-refractivity contribution in [2.75, 3.05) is 37.0 Å². The van der Waals surface area contributed by atoms with E-state index in [9.17, 15) is 22.8 Å². The van der Waals surface area contributed by atoms with Gasteiger partial charge in [0.1, 0.15) is 5.75 Å². The normalized spacial score (nSPS) is 15.6. The first kappa shape index (κ1) is 27.4. The minimum absolute atomic E-state index is 0.137. The van der Waals surface area contributed by atoms with Crippen LogP contribution in [0.4, 0.5) is 11.4 Å². The number of hydrogen-bond donors (Lipinski definition) is 1. The highest BCUT2D eigenvalue weighted by atomic mass is 32.2. The summed E-state index contributed by atoms with van der Waals surface area (Å²) in [6, 6.07) is 17.6. The first-order chi connectivity index (χ1) is 19.3. The summed E-state index contributed by atoms with van der Waals surface area (Å²) in [7, 11) is -2.29. The monoisotopic (exact) mass is 563 g/mol. The molecule has 0 atom stereocenters. The second-order valence-electron chi connectivity index (χ2n) is 9.59. The maximum Gasteiger partial charge on any atom is 0.337 e. The molecule has 3 aromatic carbocycles. The zero-order chi connectivity index (χ0) is 28.3. The van der Waals surface area contributed by atoms with Crippen molar-refractivity contribution in [1.29, 1.82) is 0 Å². The van der Waals surface area contributed by atoms with Crippen LogP contribution < -0.4 is 15.0 Å². The maximum absolute atomic E-state index is 13.0. The predicted molar refractivity (Wildman–Crippen MR) is 148 cm³/mol. The molecule has 0 aromatic heterocycles. The summed E-state index contributed by atoms with van der Waals surface area (Å²) in [5.74, 6) is -0.695. The van der Waals surface area contributed by atoms with Gasteiger partial charge in [0.2, 0.25) is 10.0 Å². The van der Waals surface area contributed by atoms with Gasteiger partial charge in [-0.1, -0.05) is 18.6 Å². The number of methoxy groups -OCH3 is 1. The fourth-order valence-electron chi connectivity index (χ4n) is 4.79. The lowest BCUT2D eigenvalue weighted by Crippen LogP contribution is -2.38. The number of piperidine rings is 1. The van der Waals surface area contributed by atoms with Crippen molar-refractivity contribution in [2.24, 2.45) is 0 Å². The molecule has 0 spiro atoms. The van der Waals surface area contributed by atoms with Crippen LogP contribution in [0.2, 0.25) is 0 Å². The van der Waals surface area contributed by atoms with Crippen LogP contribution >= 0.6 is 0 Å². The fraction of sp³-hybridized carbons (Fsp3) is 0.276. The standard InChI is InChI=1S/C29H29N3O7S/c1-38-29(35)22-7-5-6-20(16-22)18-32-25-17-23(10-13-26(25)39-19-27(32)33)30-28(34)21-8-11-24(12-9-21)40(36,37)31-14-3-2-4-15-31/h5-13,16-17H,2-4,14-15,18-19H2,1H3,(H,30,34). The smallest absolute Gasteiger partial charge is 0.337 e. The molecule has 1 fully saturated rings. The Morgan fingerprint density at radius 2 is 1.70 bits per heavy atom. The summed E-state index contributed by atoms with van der Waals surface area (Å²) in [6.07, 6.45) is 2.71. The first-order valence-corrected chi connectivity index (χ1v) is 14.4. The average Bonchev–Trinajstić information content (AvgIpc) is 2.99. The second kappa shape index (κ2) is 11.5. The Bertz CT molecular complexity index is 1550. The molecule has 0 radical (unpaired) electrons. The van der Waals surface area contributed by atoms with E-state index in [1.165, 1.54) is 40.6 Å². The molecule has 1 saturated heterocycles. The van der Waals surface area contributed by atoms with E-state index in [1.807, 2.05) is 0 Å². The number of fused-ring (bicyclic) bond motifs is 1. The minimum Gasteiger partial charge on any atom is -0.482 e. The number of esters is 1. The van der Waals surface area contributed by atoms with Crippen LogP contribution in [0.1, 0.15) is 45.5 Å². The number of sulfonamides is 1. The third kappa shape index (κ3) is 5.70. The van der Waals surface area contributed by atoms with Gasteiger partial charge in [-0.3, -0.25) is 9.59 Å². The number of rotatable bonds is 7. The number of benzene rings is 3. The number of carbonyl (C=O) groups is 3. The van der Waals surface area contributed by atoms with E-state index >= 15 is 0 Å². The zero-order valence-corrected chi connectivity index (χ0v) is 22.8. The largest absolute Gasteiger partial charge is 0.482 e. The van der Waals surface area contributed by atoms with Crippen LogP contribution in [0.15, 0.2) is 71.6 Å². The SMILES string of the molecule is COC(=O)c1cccc(CN2C(=O)COc3ccc(NC(=O)c4ccc(S(=O)(=O)N5CCCCC5)cc4)cc32)c1. The van der Waals surface area contributed by atoms with E-state index in [0.717, 1.165) is 24.8 Å². The number of amides is 2. The van der Waals surface area contributed by atoms with E-state index in [0.29, 0.717) is 41.3 Å². The molecule has 0 aliphatic carbocycles. The van der Waals surface area contributed by atoms with Crippen molar-refractivity contribution >= 4 is 39.2 Å². The number of anilines is 2. The van der Waals surface area contributed by atoms with Gasteiger partial charge in [-0.15, -0.1) is 0 Å². The molecule has 2 aliphatic heterocycles. The number of nitrogens with one attached hydrogen (secondary N) is 1. The predicted octanol–water partition coefficient (Wildman–Crippen LogP) is 3.83. The van der Waals surface area contributed by atoms with E-state index in [2.05, 4.69) is 5.32 Å². The molecule has 0 unspecified atom stereocenters. The maximum atomic E-state index is 13.0. The van der Waals surface area contributed by atoms with Crippen LogP contribution in [0.3, 0.4) is 0 Å². The van der Waals surface area contributed by atoms with Crippen molar-refractivity contribution < 1.29 is 32.3 Å². The van der Waals surface area contributed by atoms with Crippen molar-refractivity contribution in [3.63, 3.8) is 0 Å². The van der Waals surface area contributed by atoms with Gasteiger partial charge in [-0.2, -0.15) is 4.31 Å². The van der Waals surface area contributed by atoms with Gasteiger partial charge in [-0.25, -0.2) is 13.2 Å². The fourth-order valence-corrected chi connectivity index (χ4v) is 6.30. The Morgan fingerprint density at radius 3 is 2.42 bits per heavy atom. The highest BCUT2D eigenvalue weighted by Gasteiger charge is 2.28. The summed E-state index contributed by atoms with van der Waals surface area (Å²) in [6.45, 7) is 1.05. The number of carbonyl (C=O) groups excluding carboxylic acids is 3. The molecule has 3 aromatic rings. The van der Waals surface area contributed by atoms with Gasteiger partial charge in [0.15, 0.2) is 6.61 Å². The van der Waals surface area contributed by atoms with Gasteiger partial charge >= 0.3 is 5.97 Å². The van der Waals surface area contributed by atoms with Crippen LogP contribution in [0.25, 0.3) is 0 Å². The summed E-state index contributed by atoms with van der Waals surface area (Å²) < 4.78 is 37.7. The molecule has 2 amide bonds. The Kier molecular flexibility index (Phi) is 7.85. The van der Waals surface area contributed by atoms with Gasteiger partial charge in [0, 0.05) is 24.3 Å². The lowest BCUT2D eigenvalue weighted by Gasteiger charge is -2.30. The Morgan fingerprint density at radius 1 is 0.950 bits per heavy atom. The van der Waals surface area contributed by atoms with Crippen molar-refractivity contribution in [2.45, 2.75) is 30.7 Å². The minimum atomic E-state index is -3.60. The lowest BCUT2D eigenvalue weighted by atomic mass is 10.1. The molecule has 10 nitrogen and oxygen atoms in total. The Balaban J connectivity index is 1.33. The molecule has 2 heterocycles. The van der Waals surface area contributed by atoms with Gasteiger partial charge in [0.25, 0.3) is 11.8 Å². The Labute approximate surface area is 232 Å². The molecule has 0 bridgehead atoms. The molecule has 2 aliphatic rings. The van der Waals surface area contributed by atoms with Crippen LogP contribution in [0.5, 0.6) is 5.75 Å². The third-order valence-electron chi connectivity index (χ3n) is 6.92. The second-order valence-corrected chi connectivity index (χ2v) is 11.5. The summed E-state index contributed by atoms with van der Waals surface area (Å²) in [5, 5.41) is 2.81. The van der Waals surface area contributed by atoms with Crippen LogP contribution in [-0.4, -0.2) is 57.3 Å². The average molecular weight is 564 g/mol. The van der Waals surface area contributed by atoms with Crippen LogP contribution in [-0.2, 0) is 26.1 Å². The van der Waals surface area contributed by atoms with Crippen molar-refractivity contribution in [3.8, 4) is 5.75 Å². The molecule has 40 heavy (non-hydrogen) atoms. The van der Waals surface area contributed by atoms with Gasteiger partial charge < -0.3 is 19.7 Å². The summed E-state index contributed by atoms with van der Waals surface area (Å²) in [4.78, 5) is 39.4. The highest BCUT2D eigenvalue weighted by molar-refractivity contribution is 7.89. The summed E-state index contributed by atoms with van der Waals surface area (Å²) in [5.41, 5.74) is 2.29. The van der Waals surface area contributed by atoms with Crippen molar-refractivity contribution in [1.82, 2.24) is 4.31 Å². The molecule has 5 rings (SSSR count). The number of nitrogens with zero attached hydrogens (tertiary/aromatic N) is 2. The lowest BCUT2D eigenvalue weighted by molar-refractivity contribution is -0.121. The van der Waals surface area contributed by atoms with E-state index < -0.39 is 21.9 Å². The Hall–Kier alpha value is -4.22.